The van der Waals surface area contributed by atoms with Gasteiger partial charge < -0.3 is 14.0 Å². The molecule has 19 heavy (non-hydrogen) atoms. The standard InChI is InChI=1S/C11H19ClN2O4S/c1-9(2)11-13-10(19(12,15)16)8-14(11)4-5-18-7-6-17-3/h8-9H,4-7H2,1-3H3. The van der Waals surface area contributed by atoms with Crippen LogP contribution in [0.5, 0.6) is 0 Å². The van der Waals surface area contributed by atoms with Gasteiger partial charge in [-0.15, -0.1) is 0 Å². The number of hydrogen-bond acceptors (Lipinski definition) is 5. The van der Waals surface area contributed by atoms with Crippen molar-refractivity contribution in [2.75, 3.05) is 26.9 Å². The highest BCUT2D eigenvalue weighted by Crippen LogP contribution is 2.19. The van der Waals surface area contributed by atoms with Crippen LogP contribution in [0.3, 0.4) is 0 Å². The molecule has 110 valence electrons. The number of halogens is 1. The third-order valence-corrected chi connectivity index (χ3v) is 3.63. The summed E-state index contributed by atoms with van der Waals surface area (Å²) < 4.78 is 34.5. The highest BCUT2D eigenvalue weighted by Gasteiger charge is 2.19. The monoisotopic (exact) mass is 310 g/mol. The normalized spacial score (nSPS) is 12.3. The predicted octanol–water partition coefficient (Wildman–Crippen LogP) is 1.60. The molecule has 1 aromatic rings. The molecule has 0 atom stereocenters. The van der Waals surface area contributed by atoms with E-state index in [2.05, 4.69) is 4.98 Å². The lowest BCUT2D eigenvalue weighted by Gasteiger charge is -2.10. The van der Waals surface area contributed by atoms with Crippen molar-refractivity contribution in [1.82, 2.24) is 9.55 Å². The second-order valence-corrected chi connectivity index (χ2v) is 6.84. The SMILES string of the molecule is COCCOCCn1cc(S(=O)(=O)Cl)nc1C(C)C. The van der Waals surface area contributed by atoms with Crippen LogP contribution in [-0.4, -0.2) is 44.9 Å². The van der Waals surface area contributed by atoms with Gasteiger partial charge in [-0.05, 0) is 0 Å². The quantitative estimate of drug-likeness (QED) is 0.539. The summed E-state index contributed by atoms with van der Waals surface area (Å²) in [4.78, 5) is 4.06. The summed E-state index contributed by atoms with van der Waals surface area (Å²) in [6, 6.07) is 0. The molecule has 0 fully saturated rings. The van der Waals surface area contributed by atoms with Gasteiger partial charge in [-0.2, -0.15) is 0 Å². The van der Waals surface area contributed by atoms with Gasteiger partial charge in [0.05, 0.1) is 19.8 Å². The van der Waals surface area contributed by atoms with E-state index < -0.39 is 9.05 Å². The van der Waals surface area contributed by atoms with Gasteiger partial charge in [0.2, 0.25) is 0 Å². The summed E-state index contributed by atoms with van der Waals surface area (Å²) in [7, 11) is 3.11. The van der Waals surface area contributed by atoms with Crippen molar-refractivity contribution in [2.24, 2.45) is 0 Å². The first-order valence-corrected chi connectivity index (χ1v) is 8.25. The zero-order chi connectivity index (χ0) is 14.5. The van der Waals surface area contributed by atoms with E-state index in [0.29, 0.717) is 32.2 Å². The molecule has 0 aliphatic rings. The van der Waals surface area contributed by atoms with E-state index in [-0.39, 0.29) is 10.9 Å². The van der Waals surface area contributed by atoms with Crippen LogP contribution in [0.1, 0.15) is 25.6 Å². The van der Waals surface area contributed by atoms with E-state index in [1.54, 1.807) is 11.7 Å². The fourth-order valence-corrected chi connectivity index (χ4v) is 2.25. The summed E-state index contributed by atoms with van der Waals surface area (Å²) in [6.07, 6.45) is 1.44. The molecule has 0 bridgehead atoms. The maximum Gasteiger partial charge on any atom is 0.280 e. The van der Waals surface area contributed by atoms with Crippen molar-refractivity contribution in [3.8, 4) is 0 Å². The molecule has 0 aromatic carbocycles. The topological polar surface area (TPSA) is 70.4 Å². The molecule has 0 saturated heterocycles. The van der Waals surface area contributed by atoms with Gasteiger partial charge in [0.15, 0.2) is 5.03 Å². The fraction of sp³-hybridized carbons (Fsp3) is 0.727. The Labute approximate surface area is 118 Å². The molecule has 0 radical (unpaired) electrons. The molecule has 0 amide bonds. The molecule has 0 N–H and O–H groups in total. The van der Waals surface area contributed by atoms with Gasteiger partial charge in [-0.25, -0.2) is 13.4 Å². The number of ether oxygens (including phenoxy) is 2. The second-order valence-electron chi connectivity index (χ2n) is 4.33. The van der Waals surface area contributed by atoms with Gasteiger partial charge in [0, 0.05) is 36.5 Å². The Morgan fingerprint density at radius 1 is 1.37 bits per heavy atom. The van der Waals surface area contributed by atoms with E-state index >= 15 is 0 Å². The van der Waals surface area contributed by atoms with Crippen LogP contribution in [0.25, 0.3) is 0 Å². The number of imidazole rings is 1. The maximum absolute atomic E-state index is 11.3. The zero-order valence-electron chi connectivity index (χ0n) is 11.3. The first-order valence-electron chi connectivity index (χ1n) is 5.94. The third kappa shape index (κ3) is 5.10. The lowest BCUT2D eigenvalue weighted by atomic mass is 10.2. The van der Waals surface area contributed by atoms with Crippen molar-refractivity contribution in [2.45, 2.75) is 31.3 Å². The molecule has 0 unspecified atom stereocenters. The molecule has 0 aliphatic carbocycles. The summed E-state index contributed by atoms with van der Waals surface area (Å²) in [5.41, 5.74) is 0. The van der Waals surface area contributed by atoms with Crippen LogP contribution in [-0.2, 0) is 25.1 Å². The summed E-state index contributed by atoms with van der Waals surface area (Å²) in [5.74, 6) is 0.778. The van der Waals surface area contributed by atoms with Gasteiger partial charge in [-0.3, -0.25) is 0 Å². The summed E-state index contributed by atoms with van der Waals surface area (Å²) in [5, 5.41) is -0.116. The lowest BCUT2D eigenvalue weighted by Crippen LogP contribution is -2.11. The van der Waals surface area contributed by atoms with Crippen LogP contribution in [0.15, 0.2) is 11.2 Å². The molecule has 8 heteroatoms. The number of methoxy groups -OCH3 is 1. The predicted molar refractivity (Wildman–Crippen MR) is 72.0 cm³/mol. The first-order chi connectivity index (χ1) is 8.86. The van der Waals surface area contributed by atoms with Crippen molar-refractivity contribution in [3.63, 3.8) is 0 Å². The first kappa shape index (κ1) is 16.4. The summed E-state index contributed by atoms with van der Waals surface area (Å²) >= 11 is 0. The average Bonchev–Trinajstić information content (AvgIpc) is 2.72. The van der Waals surface area contributed by atoms with Crippen LogP contribution >= 0.6 is 10.7 Å². The van der Waals surface area contributed by atoms with Gasteiger partial charge >= 0.3 is 0 Å². The minimum atomic E-state index is -3.80. The van der Waals surface area contributed by atoms with E-state index in [1.165, 1.54) is 6.20 Å². The van der Waals surface area contributed by atoms with Crippen molar-refractivity contribution in [3.05, 3.63) is 12.0 Å². The van der Waals surface area contributed by atoms with Gasteiger partial charge in [0.1, 0.15) is 5.82 Å². The molecular formula is C11H19ClN2O4S. The smallest absolute Gasteiger partial charge is 0.280 e. The van der Waals surface area contributed by atoms with Crippen LogP contribution in [0.4, 0.5) is 0 Å². The van der Waals surface area contributed by atoms with Crippen LogP contribution in [0, 0.1) is 0 Å². The third-order valence-electron chi connectivity index (χ3n) is 2.46. The molecule has 0 aliphatic heterocycles. The number of rotatable bonds is 8. The molecule has 1 aromatic heterocycles. The van der Waals surface area contributed by atoms with Gasteiger partial charge in [-0.1, -0.05) is 13.8 Å². The molecule has 0 saturated carbocycles. The fourth-order valence-electron chi connectivity index (χ4n) is 1.57. The Kier molecular flexibility index (Phi) is 6.25. The molecule has 0 spiro atoms. The largest absolute Gasteiger partial charge is 0.382 e. The van der Waals surface area contributed by atoms with E-state index in [9.17, 15) is 8.42 Å². The maximum atomic E-state index is 11.3. The van der Waals surface area contributed by atoms with Crippen molar-refractivity contribution in [1.29, 1.82) is 0 Å². The van der Waals surface area contributed by atoms with Crippen LogP contribution < -0.4 is 0 Å². The Morgan fingerprint density at radius 2 is 2.05 bits per heavy atom. The van der Waals surface area contributed by atoms with E-state index in [0.717, 1.165) is 0 Å². The van der Waals surface area contributed by atoms with Crippen molar-refractivity contribution >= 4 is 19.7 Å². The molecule has 1 rings (SSSR count). The Bertz CT molecular complexity index is 499. The Morgan fingerprint density at radius 3 is 2.58 bits per heavy atom. The number of nitrogens with zero attached hydrogens (tertiary/aromatic N) is 2. The molecule has 6 nitrogen and oxygen atoms in total. The summed E-state index contributed by atoms with van der Waals surface area (Å²) in [6.45, 7) is 5.90. The highest BCUT2D eigenvalue weighted by atomic mass is 35.7. The van der Waals surface area contributed by atoms with E-state index in [4.69, 9.17) is 20.2 Å². The molecular weight excluding hydrogens is 292 g/mol. The van der Waals surface area contributed by atoms with E-state index in [1.807, 2.05) is 13.8 Å². The van der Waals surface area contributed by atoms with Crippen molar-refractivity contribution < 1.29 is 17.9 Å². The average molecular weight is 311 g/mol. The Balaban J connectivity index is 2.73. The zero-order valence-corrected chi connectivity index (χ0v) is 12.9. The minimum absolute atomic E-state index is 0.103. The lowest BCUT2D eigenvalue weighted by molar-refractivity contribution is 0.0662. The highest BCUT2D eigenvalue weighted by molar-refractivity contribution is 8.13. The number of hydrogen-bond donors (Lipinski definition) is 0. The number of aromatic nitrogens is 2. The molecule has 1 heterocycles. The minimum Gasteiger partial charge on any atom is -0.382 e. The van der Waals surface area contributed by atoms with Gasteiger partial charge in [0.25, 0.3) is 9.05 Å². The second kappa shape index (κ2) is 7.23. The Hall–Kier alpha value is -0.630. The van der Waals surface area contributed by atoms with Crippen LogP contribution in [0.2, 0.25) is 0 Å².